The summed E-state index contributed by atoms with van der Waals surface area (Å²) >= 11 is 1.34. The number of amides is 1. The standard InChI is InChI=1S/C22H27N5O3S/c1-29-17-8-6-16(7-9-17)20-25-26-21(27(20)13-18-5-4-12-30-18)31-14-19(28)24-22(15-23)10-2-3-11-22/h6-9,18H,2-5,10-14H2,1H3,(H,24,28)/t18-/m0/s1. The highest BCUT2D eigenvalue weighted by atomic mass is 32.2. The molecule has 1 aromatic heterocycles. The van der Waals surface area contributed by atoms with Gasteiger partial charge >= 0.3 is 0 Å². The van der Waals surface area contributed by atoms with Gasteiger partial charge in [-0.2, -0.15) is 5.26 Å². The predicted octanol–water partition coefficient (Wildman–Crippen LogP) is 3.18. The highest BCUT2D eigenvalue weighted by Crippen LogP contribution is 2.30. The number of benzene rings is 1. The van der Waals surface area contributed by atoms with Gasteiger partial charge in [-0.25, -0.2) is 0 Å². The van der Waals surface area contributed by atoms with Gasteiger partial charge in [0.15, 0.2) is 11.0 Å². The summed E-state index contributed by atoms with van der Waals surface area (Å²) in [6.45, 7) is 1.41. The number of carbonyl (C=O) groups excluding carboxylic acids is 1. The largest absolute Gasteiger partial charge is 0.497 e. The highest BCUT2D eigenvalue weighted by molar-refractivity contribution is 7.99. The number of hydrogen-bond acceptors (Lipinski definition) is 7. The Labute approximate surface area is 186 Å². The van der Waals surface area contributed by atoms with Gasteiger partial charge in [0.05, 0.1) is 31.6 Å². The highest BCUT2D eigenvalue weighted by Gasteiger charge is 2.35. The zero-order chi connectivity index (χ0) is 21.7. The van der Waals surface area contributed by atoms with Crippen molar-refractivity contribution in [3.8, 4) is 23.2 Å². The lowest BCUT2D eigenvalue weighted by atomic mass is 10.0. The van der Waals surface area contributed by atoms with Crippen LogP contribution in [-0.2, 0) is 16.1 Å². The molecule has 1 saturated carbocycles. The third-order valence-corrected chi connectivity index (χ3v) is 6.82. The van der Waals surface area contributed by atoms with Crippen molar-refractivity contribution < 1.29 is 14.3 Å². The van der Waals surface area contributed by atoms with Gasteiger partial charge in [-0.1, -0.05) is 11.8 Å². The molecule has 1 aromatic carbocycles. The van der Waals surface area contributed by atoms with Crippen molar-refractivity contribution in [2.75, 3.05) is 19.5 Å². The van der Waals surface area contributed by atoms with Crippen molar-refractivity contribution in [3.63, 3.8) is 0 Å². The first-order valence-electron chi connectivity index (χ1n) is 10.7. The molecule has 0 spiro atoms. The van der Waals surface area contributed by atoms with E-state index in [4.69, 9.17) is 9.47 Å². The molecule has 4 rings (SSSR count). The molecule has 164 valence electrons. The summed E-state index contributed by atoms with van der Waals surface area (Å²) in [6.07, 6.45) is 5.54. The normalized spacial score (nSPS) is 19.8. The Morgan fingerprint density at radius 3 is 2.74 bits per heavy atom. The smallest absolute Gasteiger partial charge is 0.231 e. The average molecular weight is 442 g/mol. The van der Waals surface area contributed by atoms with Crippen molar-refractivity contribution in [1.82, 2.24) is 20.1 Å². The van der Waals surface area contributed by atoms with Crippen LogP contribution in [-0.4, -0.2) is 51.8 Å². The van der Waals surface area contributed by atoms with Gasteiger partial charge in [-0.15, -0.1) is 10.2 Å². The Kier molecular flexibility index (Phi) is 6.78. The number of nitriles is 1. The maximum Gasteiger partial charge on any atom is 0.231 e. The van der Waals surface area contributed by atoms with Crippen molar-refractivity contribution in [2.24, 2.45) is 0 Å². The van der Waals surface area contributed by atoms with E-state index in [1.54, 1.807) is 7.11 Å². The molecule has 1 saturated heterocycles. The van der Waals surface area contributed by atoms with Crippen LogP contribution < -0.4 is 10.1 Å². The van der Waals surface area contributed by atoms with Gasteiger partial charge in [0.2, 0.25) is 5.91 Å². The number of rotatable bonds is 8. The van der Waals surface area contributed by atoms with Crippen molar-refractivity contribution >= 4 is 17.7 Å². The van der Waals surface area contributed by atoms with Gasteiger partial charge < -0.3 is 14.8 Å². The molecule has 1 N–H and O–H groups in total. The van der Waals surface area contributed by atoms with Crippen LogP contribution in [0.4, 0.5) is 0 Å². The predicted molar refractivity (Wildman–Crippen MR) is 117 cm³/mol. The number of thioether (sulfide) groups is 1. The second-order valence-electron chi connectivity index (χ2n) is 8.02. The minimum Gasteiger partial charge on any atom is -0.497 e. The fourth-order valence-electron chi connectivity index (χ4n) is 4.18. The summed E-state index contributed by atoms with van der Waals surface area (Å²) in [5.41, 5.74) is 0.217. The molecule has 0 unspecified atom stereocenters. The maximum atomic E-state index is 12.6. The average Bonchev–Trinajstić information content (AvgIpc) is 3.55. The molecular weight excluding hydrogens is 414 g/mol. The maximum absolute atomic E-state index is 12.6. The molecule has 2 aromatic rings. The zero-order valence-electron chi connectivity index (χ0n) is 17.7. The van der Waals surface area contributed by atoms with E-state index in [0.717, 1.165) is 62.3 Å². The minimum absolute atomic E-state index is 0.113. The SMILES string of the molecule is COc1ccc(-c2nnc(SCC(=O)NC3(C#N)CCCC3)n2C[C@@H]2CCCO2)cc1. The molecule has 8 nitrogen and oxygen atoms in total. The number of ether oxygens (including phenoxy) is 2. The van der Waals surface area contributed by atoms with E-state index in [9.17, 15) is 10.1 Å². The van der Waals surface area contributed by atoms with E-state index in [-0.39, 0.29) is 17.8 Å². The molecule has 2 aliphatic rings. The lowest BCUT2D eigenvalue weighted by Gasteiger charge is -2.21. The summed E-state index contributed by atoms with van der Waals surface area (Å²) in [5, 5.41) is 21.9. The van der Waals surface area contributed by atoms with Gasteiger partial charge in [0.1, 0.15) is 11.3 Å². The van der Waals surface area contributed by atoms with Crippen molar-refractivity contribution in [2.45, 2.75) is 61.9 Å². The Hall–Kier alpha value is -2.57. The molecule has 2 fully saturated rings. The first-order valence-corrected chi connectivity index (χ1v) is 11.7. The lowest BCUT2D eigenvalue weighted by molar-refractivity contribution is -0.119. The van der Waals surface area contributed by atoms with Crippen LogP contribution in [0.2, 0.25) is 0 Å². The van der Waals surface area contributed by atoms with Gasteiger partial charge in [0, 0.05) is 12.2 Å². The lowest BCUT2D eigenvalue weighted by Crippen LogP contribution is -2.45. The summed E-state index contributed by atoms with van der Waals surface area (Å²) < 4.78 is 13.1. The van der Waals surface area contributed by atoms with Crippen LogP contribution in [0.3, 0.4) is 0 Å². The number of nitrogens with one attached hydrogen (secondary N) is 1. The molecule has 1 aliphatic carbocycles. The van der Waals surface area contributed by atoms with E-state index >= 15 is 0 Å². The molecule has 0 bridgehead atoms. The Bertz CT molecular complexity index is 941. The number of hydrogen-bond donors (Lipinski definition) is 1. The second-order valence-corrected chi connectivity index (χ2v) is 8.96. The summed E-state index contributed by atoms with van der Waals surface area (Å²) in [4.78, 5) is 12.6. The Balaban J connectivity index is 1.50. The van der Waals surface area contributed by atoms with E-state index in [1.165, 1.54) is 11.8 Å². The number of carbonyl (C=O) groups is 1. The summed E-state index contributed by atoms with van der Waals surface area (Å²) in [7, 11) is 1.64. The van der Waals surface area contributed by atoms with Crippen LogP contribution in [0, 0.1) is 11.3 Å². The van der Waals surface area contributed by atoms with E-state index in [0.29, 0.717) is 11.7 Å². The van der Waals surface area contributed by atoms with Crippen LogP contribution in [0.5, 0.6) is 5.75 Å². The topological polar surface area (TPSA) is 102 Å². The van der Waals surface area contributed by atoms with E-state index in [2.05, 4.69) is 21.6 Å². The molecular formula is C22H27N5O3S. The van der Waals surface area contributed by atoms with E-state index in [1.807, 2.05) is 28.8 Å². The third-order valence-electron chi connectivity index (χ3n) is 5.86. The van der Waals surface area contributed by atoms with Crippen molar-refractivity contribution in [1.29, 1.82) is 5.26 Å². The molecule has 1 atom stereocenters. The van der Waals surface area contributed by atoms with Crippen molar-refractivity contribution in [3.05, 3.63) is 24.3 Å². The number of nitrogens with zero attached hydrogens (tertiary/aromatic N) is 4. The second kappa shape index (κ2) is 9.71. The molecule has 2 heterocycles. The zero-order valence-corrected chi connectivity index (χ0v) is 18.5. The molecule has 9 heteroatoms. The number of aromatic nitrogens is 3. The van der Waals surface area contributed by atoms with Crippen LogP contribution in [0.1, 0.15) is 38.5 Å². The monoisotopic (exact) mass is 441 g/mol. The first-order chi connectivity index (χ1) is 15.1. The van der Waals surface area contributed by atoms with Crippen LogP contribution in [0.25, 0.3) is 11.4 Å². The quantitative estimate of drug-likeness (QED) is 0.628. The number of methoxy groups -OCH3 is 1. The molecule has 31 heavy (non-hydrogen) atoms. The summed E-state index contributed by atoms with van der Waals surface area (Å²) in [5.74, 6) is 1.56. The molecule has 0 radical (unpaired) electrons. The first kappa shape index (κ1) is 21.7. The van der Waals surface area contributed by atoms with Crippen LogP contribution in [0.15, 0.2) is 29.4 Å². The van der Waals surface area contributed by atoms with Gasteiger partial charge in [-0.05, 0) is 62.8 Å². The van der Waals surface area contributed by atoms with E-state index < -0.39 is 5.54 Å². The summed E-state index contributed by atoms with van der Waals surface area (Å²) in [6, 6.07) is 9.99. The Morgan fingerprint density at radius 2 is 2.10 bits per heavy atom. The van der Waals surface area contributed by atoms with Crippen LogP contribution >= 0.6 is 11.8 Å². The fraction of sp³-hybridized carbons (Fsp3) is 0.545. The molecule has 1 amide bonds. The minimum atomic E-state index is -0.711. The third kappa shape index (κ3) is 5.02. The van der Waals surface area contributed by atoms with Gasteiger partial charge in [-0.3, -0.25) is 9.36 Å². The fourth-order valence-corrected chi connectivity index (χ4v) is 4.93. The molecule has 1 aliphatic heterocycles. The Morgan fingerprint density at radius 1 is 1.32 bits per heavy atom. The van der Waals surface area contributed by atoms with Gasteiger partial charge in [0.25, 0.3) is 0 Å².